The zero-order valence-electron chi connectivity index (χ0n) is 13.9. The standard InChI is InChI=1S/C19H18ClFO4/c1-3-4-5-11-8-13(10(2)16(18(11)23)19(24)25)17(22)12-6-7-14(20)15(21)9-12/h6-9,23H,3-5H2,1-2H3,(H,24,25). The van der Waals surface area contributed by atoms with Crippen LogP contribution in [0.4, 0.5) is 4.39 Å². The summed E-state index contributed by atoms with van der Waals surface area (Å²) in [6.45, 7) is 3.41. The zero-order chi connectivity index (χ0) is 18.7. The number of aryl methyl sites for hydroxylation is 1. The molecule has 0 heterocycles. The maximum absolute atomic E-state index is 13.7. The molecule has 2 aromatic carbocycles. The van der Waals surface area contributed by atoms with E-state index < -0.39 is 17.6 Å². The molecule has 0 unspecified atom stereocenters. The molecule has 0 aliphatic heterocycles. The topological polar surface area (TPSA) is 74.6 Å². The number of benzene rings is 2. The van der Waals surface area contributed by atoms with E-state index in [2.05, 4.69) is 0 Å². The fraction of sp³-hybridized carbons (Fsp3) is 0.263. The summed E-state index contributed by atoms with van der Waals surface area (Å²) in [7, 11) is 0. The van der Waals surface area contributed by atoms with Crippen LogP contribution in [0.2, 0.25) is 5.02 Å². The van der Waals surface area contributed by atoms with Gasteiger partial charge in [-0.1, -0.05) is 24.9 Å². The number of hydrogen-bond donors (Lipinski definition) is 2. The third-order valence-electron chi connectivity index (χ3n) is 4.08. The van der Waals surface area contributed by atoms with Crippen LogP contribution in [0, 0.1) is 12.7 Å². The highest BCUT2D eigenvalue weighted by molar-refractivity contribution is 6.30. The quantitative estimate of drug-likeness (QED) is 0.724. The van der Waals surface area contributed by atoms with Crippen LogP contribution in [-0.4, -0.2) is 22.0 Å². The highest BCUT2D eigenvalue weighted by atomic mass is 35.5. The average Bonchev–Trinajstić information content (AvgIpc) is 2.56. The minimum atomic E-state index is -1.32. The van der Waals surface area contributed by atoms with Gasteiger partial charge in [-0.15, -0.1) is 0 Å². The second-order valence-electron chi connectivity index (χ2n) is 5.80. The van der Waals surface area contributed by atoms with Gasteiger partial charge in [-0.2, -0.15) is 0 Å². The molecule has 132 valence electrons. The number of carbonyl (C=O) groups excluding carboxylic acids is 1. The van der Waals surface area contributed by atoms with Crippen LogP contribution >= 0.6 is 11.6 Å². The van der Waals surface area contributed by atoms with E-state index in [-0.39, 0.29) is 33.0 Å². The van der Waals surface area contributed by atoms with Crippen LogP contribution in [0.15, 0.2) is 24.3 Å². The van der Waals surface area contributed by atoms with Crippen molar-refractivity contribution in [1.82, 2.24) is 0 Å². The third-order valence-corrected chi connectivity index (χ3v) is 4.39. The number of halogens is 2. The number of phenols is 1. The Bertz CT molecular complexity index is 846. The van der Waals surface area contributed by atoms with Crippen molar-refractivity contribution >= 4 is 23.4 Å². The Balaban J connectivity index is 2.62. The molecule has 2 aromatic rings. The molecule has 0 bridgehead atoms. The van der Waals surface area contributed by atoms with E-state index in [1.165, 1.54) is 25.1 Å². The minimum absolute atomic E-state index is 0.0634. The van der Waals surface area contributed by atoms with Gasteiger partial charge in [0.2, 0.25) is 0 Å². The number of rotatable bonds is 6. The Hall–Kier alpha value is -2.40. The van der Waals surface area contributed by atoms with Crippen LogP contribution in [0.5, 0.6) is 5.75 Å². The lowest BCUT2D eigenvalue weighted by Gasteiger charge is -2.14. The van der Waals surface area contributed by atoms with E-state index >= 15 is 0 Å². The minimum Gasteiger partial charge on any atom is -0.507 e. The number of hydrogen-bond acceptors (Lipinski definition) is 3. The van der Waals surface area contributed by atoms with Crippen molar-refractivity contribution in [2.45, 2.75) is 33.1 Å². The Morgan fingerprint density at radius 1 is 1.24 bits per heavy atom. The third kappa shape index (κ3) is 3.82. The summed E-state index contributed by atoms with van der Waals surface area (Å²) >= 11 is 5.64. The molecule has 0 aliphatic carbocycles. The molecular weight excluding hydrogens is 347 g/mol. The zero-order valence-corrected chi connectivity index (χ0v) is 14.7. The number of ketones is 1. The Morgan fingerprint density at radius 2 is 1.92 bits per heavy atom. The lowest BCUT2D eigenvalue weighted by atomic mass is 9.90. The fourth-order valence-electron chi connectivity index (χ4n) is 2.67. The SMILES string of the molecule is CCCCc1cc(C(=O)c2ccc(Cl)c(F)c2)c(C)c(C(=O)O)c1O. The molecule has 6 heteroatoms. The predicted octanol–water partition coefficient (Wildman–Crippen LogP) is 4.76. The van der Waals surface area contributed by atoms with Crippen molar-refractivity contribution in [2.24, 2.45) is 0 Å². The molecule has 4 nitrogen and oxygen atoms in total. The second-order valence-corrected chi connectivity index (χ2v) is 6.21. The Morgan fingerprint density at radius 3 is 2.48 bits per heavy atom. The summed E-state index contributed by atoms with van der Waals surface area (Å²) in [6, 6.07) is 5.16. The average molecular weight is 365 g/mol. The summed E-state index contributed by atoms with van der Waals surface area (Å²) in [6.07, 6.45) is 2.03. The molecule has 0 atom stereocenters. The number of carboxylic acid groups (broad SMARTS) is 1. The van der Waals surface area contributed by atoms with Crippen LogP contribution in [0.25, 0.3) is 0 Å². The van der Waals surface area contributed by atoms with Crippen LogP contribution in [0.1, 0.15) is 57.2 Å². The lowest BCUT2D eigenvalue weighted by Crippen LogP contribution is -2.11. The van der Waals surface area contributed by atoms with Crippen molar-refractivity contribution in [3.63, 3.8) is 0 Å². The van der Waals surface area contributed by atoms with Gasteiger partial charge in [-0.05, 0) is 55.2 Å². The predicted molar refractivity (Wildman–Crippen MR) is 93.3 cm³/mol. The van der Waals surface area contributed by atoms with E-state index in [4.69, 9.17) is 11.6 Å². The first-order valence-corrected chi connectivity index (χ1v) is 8.24. The molecule has 2 N–H and O–H groups in total. The van der Waals surface area contributed by atoms with E-state index in [0.29, 0.717) is 12.0 Å². The second kappa shape index (κ2) is 7.66. The van der Waals surface area contributed by atoms with Crippen molar-refractivity contribution in [3.05, 3.63) is 62.9 Å². The summed E-state index contributed by atoms with van der Waals surface area (Å²) in [4.78, 5) is 24.3. The smallest absolute Gasteiger partial charge is 0.339 e. The normalized spacial score (nSPS) is 10.7. The summed E-state index contributed by atoms with van der Waals surface area (Å²) in [5, 5.41) is 19.6. The van der Waals surface area contributed by atoms with Crippen LogP contribution in [-0.2, 0) is 6.42 Å². The fourth-order valence-corrected chi connectivity index (χ4v) is 2.79. The molecule has 0 aliphatic rings. The number of carboxylic acids is 1. The number of aromatic hydroxyl groups is 1. The van der Waals surface area contributed by atoms with Gasteiger partial charge in [-0.25, -0.2) is 9.18 Å². The van der Waals surface area contributed by atoms with E-state index in [0.717, 1.165) is 18.9 Å². The summed E-state index contributed by atoms with van der Waals surface area (Å²) in [5.74, 6) is -2.89. The largest absolute Gasteiger partial charge is 0.507 e. The summed E-state index contributed by atoms with van der Waals surface area (Å²) < 4.78 is 13.7. The molecule has 0 saturated heterocycles. The summed E-state index contributed by atoms with van der Waals surface area (Å²) in [5.41, 5.74) is 0.427. The molecule has 2 rings (SSSR count). The van der Waals surface area contributed by atoms with Gasteiger partial charge in [-0.3, -0.25) is 4.79 Å². The first-order valence-electron chi connectivity index (χ1n) is 7.86. The molecule has 0 aromatic heterocycles. The van der Waals surface area contributed by atoms with Gasteiger partial charge in [0, 0.05) is 11.1 Å². The first kappa shape index (κ1) is 18.9. The van der Waals surface area contributed by atoms with Gasteiger partial charge in [0.15, 0.2) is 5.78 Å². The molecule has 0 radical (unpaired) electrons. The molecule has 0 saturated carbocycles. The van der Waals surface area contributed by atoms with Crippen LogP contribution < -0.4 is 0 Å². The van der Waals surface area contributed by atoms with Gasteiger partial charge >= 0.3 is 5.97 Å². The Kier molecular flexibility index (Phi) is 5.80. The maximum Gasteiger partial charge on any atom is 0.339 e. The van der Waals surface area contributed by atoms with Crippen molar-refractivity contribution in [2.75, 3.05) is 0 Å². The number of carbonyl (C=O) groups is 2. The Labute approximate surface area is 149 Å². The number of aromatic carboxylic acids is 1. The molecule has 0 fully saturated rings. The van der Waals surface area contributed by atoms with Crippen molar-refractivity contribution in [3.8, 4) is 5.75 Å². The highest BCUT2D eigenvalue weighted by Gasteiger charge is 2.24. The first-order chi connectivity index (χ1) is 11.8. The van der Waals surface area contributed by atoms with Gasteiger partial charge in [0.25, 0.3) is 0 Å². The number of unbranched alkanes of at least 4 members (excludes halogenated alkanes) is 1. The van der Waals surface area contributed by atoms with Gasteiger partial charge < -0.3 is 10.2 Å². The highest BCUT2D eigenvalue weighted by Crippen LogP contribution is 2.32. The van der Waals surface area contributed by atoms with Gasteiger partial charge in [0.1, 0.15) is 17.1 Å². The maximum atomic E-state index is 13.7. The van der Waals surface area contributed by atoms with E-state index in [9.17, 15) is 24.2 Å². The van der Waals surface area contributed by atoms with Gasteiger partial charge in [0.05, 0.1) is 5.02 Å². The van der Waals surface area contributed by atoms with Crippen LogP contribution in [0.3, 0.4) is 0 Å². The molecule has 0 spiro atoms. The van der Waals surface area contributed by atoms with E-state index in [1.807, 2.05) is 6.92 Å². The molecule has 0 amide bonds. The lowest BCUT2D eigenvalue weighted by molar-refractivity contribution is 0.0692. The van der Waals surface area contributed by atoms with Crippen molar-refractivity contribution in [1.29, 1.82) is 0 Å². The van der Waals surface area contributed by atoms with E-state index in [1.54, 1.807) is 0 Å². The molecular formula is C19H18ClFO4. The molecule has 25 heavy (non-hydrogen) atoms. The monoisotopic (exact) mass is 364 g/mol. The van der Waals surface area contributed by atoms with Crippen molar-refractivity contribution < 1.29 is 24.2 Å².